The molecule has 2 aromatic rings. The molecule has 2 N–H and O–H groups in total. The number of nitrogens with zero attached hydrogens (tertiary/aromatic N) is 2. The smallest absolute Gasteiger partial charge is 0.274 e. The van der Waals surface area contributed by atoms with Crippen molar-refractivity contribution in [2.45, 2.75) is 26.2 Å². The monoisotopic (exact) mass is 328 g/mol. The molecule has 0 aliphatic rings. The molecular weight excluding hydrogens is 304 g/mol. The molecule has 0 saturated heterocycles. The average molecular weight is 328 g/mol. The van der Waals surface area contributed by atoms with Crippen LogP contribution in [0.4, 0.5) is 11.5 Å². The lowest BCUT2D eigenvalue weighted by atomic mass is 10.0. The fourth-order valence-electron chi connectivity index (χ4n) is 2.16. The van der Waals surface area contributed by atoms with Gasteiger partial charge in [-0.2, -0.15) is 0 Å². The van der Waals surface area contributed by atoms with Gasteiger partial charge in [-0.25, -0.2) is 9.97 Å². The standard InChI is InChI=1S/C18H24N4O2/c1-13(2)14-5-7-15(8-6-14)22-18(23)16-11-17(21-12-20-16)19-9-4-10-24-3/h5-8,11-13H,4,9-10H2,1-3H3,(H,22,23)(H,19,20,21). The first-order chi connectivity index (χ1) is 11.6. The summed E-state index contributed by atoms with van der Waals surface area (Å²) < 4.78 is 4.99. The lowest BCUT2D eigenvalue weighted by molar-refractivity contribution is 0.102. The SMILES string of the molecule is COCCCNc1cc(C(=O)Nc2ccc(C(C)C)cc2)ncn1. The van der Waals surface area contributed by atoms with Gasteiger partial charge in [0, 0.05) is 32.0 Å². The van der Waals surface area contributed by atoms with Crippen LogP contribution in [0, 0.1) is 0 Å². The Balaban J connectivity index is 1.96. The maximum absolute atomic E-state index is 12.3. The zero-order chi connectivity index (χ0) is 17.4. The Bertz CT molecular complexity index is 656. The third-order valence-corrected chi connectivity index (χ3v) is 3.57. The normalized spacial score (nSPS) is 10.7. The number of aromatic nitrogens is 2. The molecule has 0 fully saturated rings. The van der Waals surface area contributed by atoms with E-state index < -0.39 is 0 Å². The zero-order valence-corrected chi connectivity index (χ0v) is 14.4. The van der Waals surface area contributed by atoms with Gasteiger partial charge in [0.05, 0.1) is 0 Å². The van der Waals surface area contributed by atoms with Crippen LogP contribution in [0.1, 0.15) is 42.2 Å². The number of ether oxygens (including phenoxy) is 1. The summed E-state index contributed by atoms with van der Waals surface area (Å²) in [5.41, 5.74) is 2.31. The Morgan fingerprint density at radius 3 is 2.62 bits per heavy atom. The van der Waals surface area contributed by atoms with Crippen molar-refractivity contribution in [3.05, 3.63) is 47.9 Å². The van der Waals surface area contributed by atoms with Gasteiger partial charge >= 0.3 is 0 Å². The Hall–Kier alpha value is -2.47. The molecule has 0 aliphatic heterocycles. The van der Waals surface area contributed by atoms with Crippen LogP contribution in [0.2, 0.25) is 0 Å². The largest absolute Gasteiger partial charge is 0.385 e. The number of carbonyl (C=O) groups excluding carboxylic acids is 1. The van der Waals surface area contributed by atoms with Crippen LogP contribution >= 0.6 is 0 Å². The number of methoxy groups -OCH3 is 1. The van der Waals surface area contributed by atoms with Gasteiger partial charge < -0.3 is 15.4 Å². The Labute approximate surface area is 142 Å². The molecule has 6 nitrogen and oxygen atoms in total. The first-order valence-electron chi connectivity index (χ1n) is 8.06. The predicted octanol–water partition coefficient (Wildman–Crippen LogP) is 3.30. The van der Waals surface area contributed by atoms with E-state index in [2.05, 4.69) is 34.4 Å². The quantitative estimate of drug-likeness (QED) is 0.727. The van der Waals surface area contributed by atoms with Crippen LogP contribution in [0.3, 0.4) is 0 Å². The minimum Gasteiger partial charge on any atom is -0.385 e. The second-order valence-electron chi connectivity index (χ2n) is 5.79. The maximum Gasteiger partial charge on any atom is 0.274 e. The van der Waals surface area contributed by atoms with E-state index in [1.54, 1.807) is 13.2 Å². The van der Waals surface area contributed by atoms with Gasteiger partial charge in [-0.1, -0.05) is 26.0 Å². The molecule has 0 spiro atoms. The van der Waals surface area contributed by atoms with Gasteiger partial charge in [-0.3, -0.25) is 4.79 Å². The number of amides is 1. The molecule has 6 heteroatoms. The maximum atomic E-state index is 12.3. The third-order valence-electron chi connectivity index (χ3n) is 3.57. The molecule has 1 amide bonds. The van der Waals surface area contributed by atoms with Crippen LogP contribution in [0.15, 0.2) is 36.7 Å². The molecule has 128 valence electrons. The highest BCUT2D eigenvalue weighted by Crippen LogP contribution is 2.17. The Morgan fingerprint density at radius 1 is 1.21 bits per heavy atom. The van der Waals surface area contributed by atoms with Crippen LogP contribution in [0.5, 0.6) is 0 Å². The molecule has 1 heterocycles. The van der Waals surface area contributed by atoms with Crippen molar-refractivity contribution in [2.75, 3.05) is 30.9 Å². The van der Waals surface area contributed by atoms with Crippen LogP contribution in [-0.2, 0) is 4.74 Å². The van der Waals surface area contributed by atoms with Gasteiger partial charge in [-0.15, -0.1) is 0 Å². The fraction of sp³-hybridized carbons (Fsp3) is 0.389. The summed E-state index contributed by atoms with van der Waals surface area (Å²) in [6, 6.07) is 9.48. The summed E-state index contributed by atoms with van der Waals surface area (Å²) in [6.45, 7) is 5.67. The second kappa shape index (κ2) is 8.98. The zero-order valence-electron chi connectivity index (χ0n) is 14.4. The topological polar surface area (TPSA) is 76.1 Å². The summed E-state index contributed by atoms with van der Waals surface area (Å²) in [4.78, 5) is 20.5. The van der Waals surface area contributed by atoms with Crippen LogP contribution < -0.4 is 10.6 Å². The molecule has 0 aliphatic carbocycles. The summed E-state index contributed by atoms with van der Waals surface area (Å²) in [5.74, 6) is 0.833. The highest BCUT2D eigenvalue weighted by Gasteiger charge is 2.09. The Kier molecular flexibility index (Phi) is 6.69. The predicted molar refractivity (Wildman–Crippen MR) is 95.5 cm³/mol. The highest BCUT2D eigenvalue weighted by molar-refractivity contribution is 6.03. The van der Waals surface area contributed by atoms with E-state index in [1.807, 2.05) is 24.3 Å². The van der Waals surface area contributed by atoms with Gasteiger partial charge in [0.2, 0.25) is 0 Å². The number of rotatable bonds is 8. The molecule has 24 heavy (non-hydrogen) atoms. The highest BCUT2D eigenvalue weighted by atomic mass is 16.5. The summed E-state index contributed by atoms with van der Waals surface area (Å²) in [5, 5.41) is 6.00. The molecule has 0 atom stereocenters. The Morgan fingerprint density at radius 2 is 1.96 bits per heavy atom. The van der Waals surface area contributed by atoms with E-state index in [1.165, 1.54) is 11.9 Å². The minimum absolute atomic E-state index is 0.255. The summed E-state index contributed by atoms with van der Waals surface area (Å²) in [7, 11) is 1.67. The lowest BCUT2D eigenvalue weighted by Gasteiger charge is -2.09. The summed E-state index contributed by atoms with van der Waals surface area (Å²) >= 11 is 0. The van der Waals surface area contributed by atoms with E-state index >= 15 is 0 Å². The van der Waals surface area contributed by atoms with Crippen molar-refractivity contribution >= 4 is 17.4 Å². The second-order valence-corrected chi connectivity index (χ2v) is 5.79. The average Bonchev–Trinajstić information content (AvgIpc) is 2.59. The van der Waals surface area contributed by atoms with Gasteiger partial charge in [0.25, 0.3) is 5.91 Å². The molecule has 1 aromatic carbocycles. The minimum atomic E-state index is -0.255. The molecule has 0 radical (unpaired) electrons. The van der Waals surface area contributed by atoms with E-state index in [0.717, 1.165) is 18.7 Å². The van der Waals surface area contributed by atoms with Gasteiger partial charge in [0.1, 0.15) is 17.8 Å². The number of carbonyl (C=O) groups is 1. The van der Waals surface area contributed by atoms with E-state index in [4.69, 9.17) is 4.74 Å². The van der Waals surface area contributed by atoms with Crippen molar-refractivity contribution in [1.82, 2.24) is 9.97 Å². The fourth-order valence-corrected chi connectivity index (χ4v) is 2.16. The number of benzene rings is 1. The first kappa shape index (κ1) is 17.9. The van der Waals surface area contributed by atoms with Crippen molar-refractivity contribution in [3.8, 4) is 0 Å². The van der Waals surface area contributed by atoms with Crippen LogP contribution in [-0.4, -0.2) is 36.1 Å². The van der Waals surface area contributed by atoms with Crippen molar-refractivity contribution < 1.29 is 9.53 Å². The molecule has 0 saturated carbocycles. The van der Waals surface area contributed by atoms with E-state index in [9.17, 15) is 4.79 Å². The molecule has 1 aromatic heterocycles. The van der Waals surface area contributed by atoms with E-state index in [0.29, 0.717) is 24.0 Å². The van der Waals surface area contributed by atoms with Crippen molar-refractivity contribution in [1.29, 1.82) is 0 Å². The van der Waals surface area contributed by atoms with Gasteiger partial charge in [0.15, 0.2) is 0 Å². The van der Waals surface area contributed by atoms with Crippen LogP contribution in [0.25, 0.3) is 0 Å². The van der Waals surface area contributed by atoms with Gasteiger partial charge in [-0.05, 0) is 30.0 Å². The molecular formula is C18H24N4O2. The molecule has 0 unspecified atom stereocenters. The lowest BCUT2D eigenvalue weighted by Crippen LogP contribution is -2.15. The summed E-state index contributed by atoms with van der Waals surface area (Å²) in [6.07, 6.45) is 2.25. The number of hydrogen-bond acceptors (Lipinski definition) is 5. The number of hydrogen-bond donors (Lipinski definition) is 2. The van der Waals surface area contributed by atoms with Crippen molar-refractivity contribution in [3.63, 3.8) is 0 Å². The third kappa shape index (κ3) is 5.31. The van der Waals surface area contributed by atoms with E-state index in [-0.39, 0.29) is 5.91 Å². The number of nitrogens with one attached hydrogen (secondary N) is 2. The molecule has 2 rings (SSSR count). The first-order valence-corrected chi connectivity index (χ1v) is 8.06. The van der Waals surface area contributed by atoms with Crippen molar-refractivity contribution in [2.24, 2.45) is 0 Å². The number of anilines is 2. The molecule has 0 bridgehead atoms.